The van der Waals surface area contributed by atoms with Crippen molar-refractivity contribution in [1.29, 1.82) is 0 Å². The first-order valence-electron chi connectivity index (χ1n) is 9.82. The molecule has 4 rings (SSSR count). The number of benzene rings is 2. The van der Waals surface area contributed by atoms with Crippen LogP contribution in [0, 0.1) is 0 Å². The van der Waals surface area contributed by atoms with E-state index >= 15 is 0 Å². The number of hydrogen-bond acceptors (Lipinski definition) is 8. The summed E-state index contributed by atoms with van der Waals surface area (Å²) < 4.78 is 13.0. The SMILES string of the molecule is CCOc1ncc(-c2ccc3nc(N)nc(N(Br)c4ccccc4)c3c2)c(OCC)n1. The molecule has 0 saturated carbocycles. The van der Waals surface area contributed by atoms with Gasteiger partial charge in [-0.1, -0.05) is 24.3 Å². The maximum absolute atomic E-state index is 5.97. The van der Waals surface area contributed by atoms with Gasteiger partial charge in [0.1, 0.15) is 0 Å². The van der Waals surface area contributed by atoms with Crippen molar-refractivity contribution in [3.63, 3.8) is 0 Å². The first-order valence-corrected chi connectivity index (χ1v) is 10.5. The van der Waals surface area contributed by atoms with Gasteiger partial charge in [-0.05, 0) is 43.7 Å². The molecule has 0 bridgehead atoms. The zero-order chi connectivity index (χ0) is 21.8. The Labute approximate surface area is 188 Å². The number of ether oxygens (including phenoxy) is 2. The van der Waals surface area contributed by atoms with Crippen molar-refractivity contribution in [1.82, 2.24) is 19.9 Å². The van der Waals surface area contributed by atoms with Gasteiger partial charge in [-0.3, -0.25) is 3.93 Å². The number of halogens is 1. The van der Waals surface area contributed by atoms with Crippen LogP contribution in [0.2, 0.25) is 0 Å². The molecule has 2 aromatic heterocycles. The first kappa shape index (κ1) is 20.8. The second-order valence-electron chi connectivity index (χ2n) is 6.49. The number of rotatable bonds is 7. The van der Waals surface area contributed by atoms with Crippen LogP contribution in [0.3, 0.4) is 0 Å². The summed E-state index contributed by atoms with van der Waals surface area (Å²) in [5.74, 6) is 1.27. The average molecular weight is 481 g/mol. The van der Waals surface area contributed by atoms with Gasteiger partial charge in [0.2, 0.25) is 11.8 Å². The molecule has 2 N–H and O–H groups in total. The van der Waals surface area contributed by atoms with Crippen LogP contribution < -0.4 is 19.1 Å². The standard InChI is InChI=1S/C22H21BrN6O2/c1-3-30-20-17(13-25-22(28-20)31-4-2)14-10-11-18-16(12-14)19(27-21(24)26-18)29(23)15-8-6-5-7-9-15/h5-13H,3-4H2,1-2H3,(H2,24,26,27). The van der Waals surface area contributed by atoms with Gasteiger partial charge in [0.25, 0.3) is 0 Å². The summed E-state index contributed by atoms with van der Waals surface area (Å²) in [6, 6.07) is 15.9. The van der Waals surface area contributed by atoms with Gasteiger partial charge >= 0.3 is 6.01 Å². The number of nitrogens with two attached hydrogens (primary N) is 1. The minimum atomic E-state index is 0.190. The van der Waals surface area contributed by atoms with E-state index < -0.39 is 0 Å². The number of nitrogen functional groups attached to an aromatic ring is 1. The fourth-order valence-corrected chi connectivity index (χ4v) is 3.63. The first-order chi connectivity index (χ1) is 15.1. The molecular weight excluding hydrogens is 460 g/mol. The predicted molar refractivity (Wildman–Crippen MR) is 125 cm³/mol. The van der Waals surface area contributed by atoms with Crippen LogP contribution in [-0.4, -0.2) is 33.1 Å². The molecule has 2 heterocycles. The van der Waals surface area contributed by atoms with Gasteiger partial charge in [-0.2, -0.15) is 9.97 Å². The van der Waals surface area contributed by atoms with Gasteiger partial charge in [0.15, 0.2) is 5.82 Å². The van der Waals surface area contributed by atoms with E-state index in [1.54, 1.807) is 10.1 Å². The minimum absolute atomic E-state index is 0.190. The molecule has 2 aromatic carbocycles. The summed E-state index contributed by atoms with van der Waals surface area (Å²) in [5, 5.41) is 0.809. The Kier molecular flexibility index (Phi) is 6.13. The molecule has 31 heavy (non-hydrogen) atoms. The summed E-state index contributed by atoms with van der Waals surface area (Å²) in [6.45, 7) is 4.73. The summed E-state index contributed by atoms with van der Waals surface area (Å²) in [4.78, 5) is 17.6. The van der Waals surface area contributed by atoms with Crippen LogP contribution in [0.4, 0.5) is 17.5 Å². The molecule has 158 valence electrons. The van der Waals surface area contributed by atoms with E-state index in [0.717, 1.165) is 27.7 Å². The van der Waals surface area contributed by atoms with Crippen molar-refractivity contribution in [3.05, 3.63) is 54.7 Å². The van der Waals surface area contributed by atoms with Gasteiger partial charge in [-0.25, -0.2) is 9.97 Å². The third kappa shape index (κ3) is 4.36. The summed E-state index contributed by atoms with van der Waals surface area (Å²) >= 11 is 3.62. The number of hydrogen-bond donors (Lipinski definition) is 1. The van der Waals surface area contributed by atoms with Gasteiger partial charge in [0.05, 0.1) is 46.1 Å². The Hall–Kier alpha value is -3.46. The van der Waals surface area contributed by atoms with Crippen molar-refractivity contribution in [2.45, 2.75) is 13.8 Å². The summed E-state index contributed by atoms with van der Waals surface area (Å²) in [5.41, 5.74) is 9.21. The van der Waals surface area contributed by atoms with E-state index in [9.17, 15) is 0 Å². The maximum atomic E-state index is 5.97. The molecule has 0 unspecified atom stereocenters. The lowest BCUT2D eigenvalue weighted by molar-refractivity contribution is 0.290. The van der Waals surface area contributed by atoms with Crippen molar-refractivity contribution >= 4 is 44.5 Å². The average Bonchev–Trinajstić information content (AvgIpc) is 2.79. The highest BCUT2D eigenvalue weighted by molar-refractivity contribution is 9.10. The molecule has 4 aromatic rings. The van der Waals surface area contributed by atoms with Crippen molar-refractivity contribution in [2.24, 2.45) is 0 Å². The zero-order valence-corrected chi connectivity index (χ0v) is 18.7. The van der Waals surface area contributed by atoms with E-state index in [2.05, 4.69) is 36.1 Å². The number of aromatic nitrogens is 4. The van der Waals surface area contributed by atoms with E-state index in [-0.39, 0.29) is 12.0 Å². The largest absolute Gasteiger partial charge is 0.477 e. The second-order valence-corrected chi connectivity index (χ2v) is 7.20. The van der Waals surface area contributed by atoms with E-state index in [4.69, 9.17) is 15.2 Å². The lowest BCUT2D eigenvalue weighted by Gasteiger charge is -2.18. The zero-order valence-electron chi connectivity index (χ0n) is 17.1. The molecule has 0 radical (unpaired) electrons. The van der Waals surface area contributed by atoms with Crippen LogP contribution in [-0.2, 0) is 0 Å². The van der Waals surface area contributed by atoms with Crippen LogP contribution in [0.1, 0.15) is 13.8 Å². The van der Waals surface area contributed by atoms with Crippen molar-refractivity contribution in [3.8, 4) is 23.0 Å². The quantitative estimate of drug-likeness (QED) is 0.372. The topological polar surface area (TPSA) is 99.3 Å². The molecule has 8 nitrogen and oxygen atoms in total. The highest BCUT2D eigenvalue weighted by Gasteiger charge is 2.17. The lowest BCUT2D eigenvalue weighted by atomic mass is 10.1. The van der Waals surface area contributed by atoms with Crippen LogP contribution >= 0.6 is 16.1 Å². The van der Waals surface area contributed by atoms with Crippen LogP contribution in [0.5, 0.6) is 11.9 Å². The Balaban J connectivity index is 1.85. The smallest absolute Gasteiger partial charge is 0.319 e. The van der Waals surface area contributed by atoms with Gasteiger partial charge < -0.3 is 15.2 Å². The second kappa shape index (κ2) is 9.13. The summed E-state index contributed by atoms with van der Waals surface area (Å²) in [6.07, 6.45) is 1.70. The number of fused-ring (bicyclic) bond motifs is 1. The maximum Gasteiger partial charge on any atom is 0.319 e. The summed E-state index contributed by atoms with van der Waals surface area (Å²) in [7, 11) is 0. The van der Waals surface area contributed by atoms with Crippen molar-refractivity contribution in [2.75, 3.05) is 22.9 Å². The molecule has 0 fully saturated rings. The fraction of sp³-hybridized carbons (Fsp3) is 0.182. The fourth-order valence-electron chi connectivity index (χ4n) is 3.12. The molecule has 0 amide bonds. The van der Waals surface area contributed by atoms with Crippen LogP contribution in [0.25, 0.3) is 22.0 Å². The van der Waals surface area contributed by atoms with Gasteiger partial charge in [-0.15, -0.1) is 0 Å². The minimum Gasteiger partial charge on any atom is -0.477 e. The number of nitrogens with zero attached hydrogens (tertiary/aromatic N) is 5. The molecule has 0 spiro atoms. The Morgan fingerprint density at radius 3 is 2.48 bits per heavy atom. The Morgan fingerprint density at radius 1 is 0.968 bits per heavy atom. The molecule has 0 saturated heterocycles. The van der Waals surface area contributed by atoms with E-state index in [0.29, 0.717) is 24.9 Å². The molecule has 0 aliphatic heterocycles. The molecule has 0 atom stereocenters. The molecule has 0 aliphatic carbocycles. The third-order valence-electron chi connectivity index (χ3n) is 4.46. The predicted octanol–water partition coefficient (Wildman–Crippen LogP) is 4.91. The number of para-hydroxylation sites is 1. The van der Waals surface area contributed by atoms with Crippen molar-refractivity contribution < 1.29 is 9.47 Å². The third-order valence-corrected chi connectivity index (χ3v) is 5.20. The monoisotopic (exact) mass is 480 g/mol. The van der Waals surface area contributed by atoms with Crippen LogP contribution in [0.15, 0.2) is 54.7 Å². The highest BCUT2D eigenvalue weighted by Crippen LogP contribution is 2.37. The Bertz CT molecular complexity index is 1210. The van der Waals surface area contributed by atoms with Gasteiger partial charge in [0, 0.05) is 11.6 Å². The molecular formula is C22H21BrN6O2. The van der Waals surface area contributed by atoms with E-state index in [1.165, 1.54) is 0 Å². The molecule has 9 heteroatoms. The molecule has 0 aliphatic rings. The van der Waals surface area contributed by atoms with E-state index in [1.807, 2.05) is 62.4 Å². The normalized spacial score (nSPS) is 10.8. The lowest BCUT2D eigenvalue weighted by Crippen LogP contribution is -2.07. The highest BCUT2D eigenvalue weighted by atomic mass is 79.9. The number of anilines is 3. The Morgan fingerprint density at radius 2 is 1.74 bits per heavy atom.